The predicted octanol–water partition coefficient (Wildman–Crippen LogP) is 5.48. The van der Waals surface area contributed by atoms with E-state index in [2.05, 4.69) is 20.1 Å². The van der Waals surface area contributed by atoms with E-state index in [-0.39, 0.29) is 17.6 Å². The number of halogens is 4. The molecule has 3 aromatic heterocycles. The van der Waals surface area contributed by atoms with Crippen LogP contribution in [0, 0.1) is 0 Å². The first-order valence-corrected chi connectivity index (χ1v) is 12.0. The van der Waals surface area contributed by atoms with E-state index in [1.165, 1.54) is 12.1 Å². The maximum Gasteiger partial charge on any atom is 0.573 e. The second-order valence-electron chi connectivity index (χ2n) is 8.64. The summed E-state index contributed by atoms with van der Waals surface area (Å²) >= 11 is 6.15. The molecule has 3 heterocycles. The second-order valence-corrected chi connectivity index (χ2v) is 9.07. The third-order valence-corrected chi connectivity index (χ3v) is 6.56. The Balaban J connectivity index is 1.34. The Morgan fingerprint density at radius 1 is 1.22 bits per heavy atom. The van der Waals surface area contributed by atoms with Crippen LogP contribution in [0.15, 0.2) is 48.8 Å². The van der Waals surface area contributed by atoms with Gasteiger partial charge in [0, 0.05) is 24.4 Å². The van der Waals surface area contributed by atoms with Crippen molar-refractivity contribution in [3.05, 3.63) is 76.5 Å². The lowest BCUT2D eigenvalue weighted by atomic mass is 9.87. The van der Waals surface area contributed by atoms with Crippen LogP contribution >= 0.6 is 11.6 Å². The number of benzene rings is 1. The fourth-order valence-corrected chi connectivity index (χ4v) is 4.89. The predicted molar refractivity (Wildman–Crippen MR) is 128 cm³/mol. The minimum Gasteiger partial charge on any atom is -0.406 e. The maximum atomic E-state index is 13.2. The highest BCUT2D eigenvalue weighted by molar-refractivity contribution is 6.30. The van der Waals surface area contributed by atoms with Gasteiger partial charge in [-0.05, 0) is 67.6 Å². The van der Waals surface area contributed by atoms with Crippen molar-refractivity contribution in [3.8, 4) is 11.4 Å². The third-order valence-electron chi connectivity index (χ3n) is 6.34. The van der Waals surface area contributed by atoms with Gasteiger partial charge in [0.15, 0.2) is 0 Å². The molecule has 1 amide bonds. The van der Waals surface area contributed by atoms with E-state index >= 15 is 0 Å². The number of rotatable bonds is 6. The number of carbonyl (C=O) groups is 1. The number of aromatic nitrogens is 4. The van der Waals surface area contributed by atoms with Gasteiger partial charge < -0.3 is 10.1 Å². The van der Waals surface area contributed by atoms with Crippen molar-refractivity contribution in [2.45, 2.75) is 44.9 Å². The zero-order valence-electron chi connectivity index (χ0n) is 19.3. The normalized spacial score (nSPS) is 15.6. The highest BCUT2D eigenvalue weighted by Gasteiger charge is 2.31. The van der Waals surface area contributed by atoms with Gasteiger partial charge >= 0.3 is 6.36 Å². The van der Waals surface area contributed by atoms with Crippen molar-refractivity contribution in [1.82, 2.24) is 24.5 Å². The zero-order chi connectivity index (χ0) is 25.4. The molecule has 5 rings (SSSR count). The molecule has 4 aromatic rings. The number of nitrogens with zero attached hydrogens (tertiary/aromatic N) is 4. The number of imidazole rings is 1. The molecular formula is C25H23ClF3N5O2. The molecule has 1 aliphatic rings. The summed E-state index contributed by atoms with van der Waals surface area (Å²) in [6.07, 6.45) is 1.90. The van der Waals surface area contributed by atoms with Crippen LogP contribution in [0.4, 0.5) is 13.2 Å². The number of fused-ring (bicyclic) bond motifs is 2. The number of ether oxygens (including phenoxy) is 1. The quantitative estimate of drug-likeness (QED) is 0.367. The van der Waals surface area contributed by atoms with Gasteiger partial charge in [-0.3, -0.25) is 9.20 Å². The van der Waals surface area contributed by atoms with Crippen LogP contribution in [0.3, 0.4) is 0 Å². The highest BCUT2D eigenvalue weighted by Crippen LogP contribution is 2.33. The Morgan fingerprint density at radius 3 is 2.72 bits per heavy atom. The van der Waals surface area contributed by atoms with E-state index in [0.29, 0.717) is 40.7 Å². The van der Waals surface area contributed by atoms with Crippen LogP contribution in [0.1, 0.15) is 53.1 Å². The average Bonchev–Trinajstić information content (AvgIpc) is 3.43. The molecule has 0 bridgehead atoms. The van der Waals surface area contributed by atoms with Crippen LogP contribution in [0.5, 0.6) is 5.75 Å². The summed E-state index contributed by atoms with van der Waals surface area (Å²) in [5.41, 5.74) is 4.49. The fraction of sp³-hybridized carbons (Fsp3) is 0.320. The van der Waals surface area contributed by atoms with Crippen molar-refractivity contribution in [3.63, 3.8) is 0 Å². The molecule has 36 heavy (non-hydrogen) atoms. The van der Waals surface area contributed by atoms with Gasteiger partial charge in [0.2, 0.25) is 0 Å². The van der Waals surface area contributed by atoms with E-state index in [9.17, 15) is 18.0 Å². The first-order chi connectivity index (χ1) is 17.2. The summed E-state index contributed by atoms with van der Waals surface area (Å²) in [5.74, 6) is -0.443. The molecule has 11 heteroatoms. The first-order valence-electron chi connectivity index (χ1n) is 11.6. The molecule has 1 unspecified atom stereocenters. The van der Waals surface area contributed by atoms with Gasteiger partial charge in [-0.2, -0.15) is 5.10 Å². The molecule has 1 aliphatic carbocycles. The molecule has 0 spiro atoms. The molecule has 0 saturated carbocycles. The molecule has 188 valence electrons. The first kappa shape index (κ1) is 24.2. The van der Waals surface area contributed by atoms with Crippen LogP contribution in [0.25, 0.3) is 11.3 Å². The van der Waals surface area contributed by atoms with Crippen molar-refractivity contribution < 1.29 is 22.7 Å². The molecule has 7 nitrogen and oxygen atoms in total. The van der Waals surface area contributed by atoms with E-state index in [1.54, 1.807) is 45.7 Å². The number of aryl methyl sites for hydroxylation is 1. The van der Waals surface area contributed by atoms with Crippen molar-refractivity contribution in [1.29, 1.82) is 0 Å². The zero-order valence-corrected chi connectivity index (χ0v) is 20.1. The Hall–Kier alpha value is -3.53. The molecule has 0 radical (unpaired) electrons. The molecule has 1 aromatic carbocycles. The van der Waals surface area contributed by atoms with E-state index in [0.717, 1.165) is 30.5 Å². The maximum absolute atomic E-state index is 13.2. The van der Waals surface area contributed by atoms with Gasteiger partial charge in [0.05, 0.1) is 22.6 Å². The minimum atomic E-state index is -4.74. The number of hydrogen-bond donors (Lipinski definition) is 1. The summed E-state index contributed by atoms with van der Waals surface area (Å²) < 4.78 is 44.8. The van der Waals surface area contributed by atoms with Crippen LogP contribution in [0.2, 0.25) is 5.02 Å². The number of alkyl halides is 3. The van der Waals surface area contributed by atoms with Gasteiger partial charge in [-0.25, -0.2) is 9.67 Å². The Labute approximate surface area is 209 Å². The third kappa shape index (κ3) is 4.77. The average molecular weight is 518 g/mol. The van der Waals surface area contributed by atoms with Crippen LogP contribution < -0.4 is 10.1 Å². The summed E-state index contributed by atoms with van der Waals surface area (Å²) in [7, 11) is 0. The van der Waals surface area contributed by atoms with Gasteiger partial charge in [0.25, 0.3) is 5.91 Å². The number of carbonyl (C=O) groups excluding carboxylic acids is 1. The van der Waals surface area contributed by atoms with E-state index in [4.69, 9.17) is 11.6 Å². The Bertz CT molecular complexity index is 1410. The molecule has 0 aliphatic heterocycles. The van der Waals surface area contributed by atoms with E-state index in [1.807, 2.05) is 6.92 Å². The standard InChI is InChI=1S/C25H23ClF3N5O2/c1-2-20-23(33-14-16(26)6-11-22(33)32-20)24(35)30-12-15-4-3-5-21-19(15)13-31-34(21)17-7-9-18(10-8-17)36-25(27,28)29/h6-11,13-15H,2-5,12H2,1H3,(H,30,35). The lowest BCUT2D eigenvalue weighted by molar-refractivity contribution is -0.274. The lowest BCUT2D eigenvalue weighted by Gasteiger charge is -2.23. The van der Waals surface area contributed by atoms with Crippen molar-refractivity contribution in [2.24, 2.45) is 0 Å². The fourth-order valence-electron chi connectivity index (χ4n) is 4.73. The number of nitrogens with one attached hydrogen (secondary N) is 1. The van der Waals surface area contributed by atoms with Crippen LogP contribution in [-0.2, 0) is 12.8 Å². The van der Waals surface area contributed by atoms with Gasteiger partial charge in [0.1, 0.15) is 17.1 Å². The number of hydrogen-bond acceptors (Lipinski definition) is 4. The van der Waals surface area contributed by atoms with E-state index < -0.39 is 6.36 Å². The number of pyridine rings is 1. The largest absolute Gasteiger partial charge is 0.573 e. The topological polar surface area (TPSA) is 73.5 Å². The molecule has 0 saturated heterocycles. The molecular weight excluding hydrogens is 495 g/mol. The Kier molecular flexibility index (Phi) is 6.38. The molecule has 0 fully saturated rings. The summed E-state index contributed by atoms with van der Waals surface area (Å²) in [6, 6.07) is 9.14. The van der Waals surface area contributed by atoms with Crippen molar-refractivity contribution >= 4 is 23.2 Å². The SMILES string of the molecule is CCc1nc2ccc(Cl)cn2c1C(=O)NCC1CCCc2c1cnn2-c1ccc(OC(F)(F)F)cc1. The highest BCUT2D eigenvalue weighted by atomic mass is 35.5. The molecule has 1 N–H and O–H groups in total. The summed E-state index contributed by atoms with van der Waals surface area (Å²) in [6.45, 7) is 2.37. The van der Waals surface area contributed by atoms with Gasteiger partial charge in [-0.1, -0.05) is 18.5 Å². The van der Waals surface area contributed by atoms with Crippen molar-refractivity contribution in [2.75, 3.05) is 6.54 Å². The Morgan fingerprint density at radius 2 is 2.00 bits per heavy atom. The minimum absolute atomic E-state index is 0.0622. The lowest BCUT2D eigenvalue weighted by Crippen LogP contribution is -2.31. The molecule has 1 atom stereocenters. The smallest absolute Gasteiger partial charge is 0.406 e. The summed E-state index contributed by atoms with van der Waals surface area (Å²) in [5, 5.41) is 8.06. The van der Waals surface area contributed by atoms with Crippen LogP contribution in [-0.4, -0.2) is 38.0 Å². The monoisotopic (exact) mass is 517 g/mol. The number of amides is 1. The summed E-state index contributed by atoms with van der Waals surface area (Å²) in [4.78, 5) is 17.7. The van der Waals surface area contributed by atoms with Gasteiger partial charge in [-0.15, -0.1) is 13.2 Å². The second kappa shape index (κ2) is 9.50.